The molecule has 1 atom stereocenters. The lowest BCUT2D eigenvalue weighted by Crippen LogP contribution is -2.46. The minimum atomic E-state index is -0.418. The molecule has 7 nitrogen and oxygen atoms in total. The zero-order valence-corrected chi connectivity index (χ0v) is 10.3. The molecule has 0 saturated carbocycles. The summed E-state index contributed by atoms with van der Waals surface area (Å²) in [6, 6.07) is -0.418. The number of nitrogens with one attached hydrogen (secondary N) is 2. The molecule has 2 aliphatic heterocycles. The van der Waals surface area contributed by atoms with E-state index in [1.54, 1.807) is 0 Å². The van der Waals surface area contributed by atoms with Crippen LogP contribution in [0.25, 0.3) is 0 Å². The van der Waals surface area contributed by atoms with Crippen molar-refractivity contribution in [3.63, 3.8) is 0 Å². The van der Waals surface area contributed by atoms with Gasteiger partial charge in [0.2, 0.25) is 5.91 Å². The second-order valence-corrected chi connectivity index (χ2v) is 5.25. The van der Waals surface area contributed by atoms with Crippen molar-refractivity contribution in [3.05, 3.63) is 0 Å². The zero-order valence-electron chi connectivity index (χ0n) is 8.71. The molecule has 0 aromatic carbocycles. The van der Waals surface area contributed by atoms with Crippen molar-refractivity contribution in [2.24, 2.45) is 4.99 Å². The minimum Gasteiger partial charge on any atom is -0.338 e. The first-order valence-corrected chi connectivity index (χ1v) is 6.75. The highest BCUT2D eigenvalue weighted by Crippen LogP contribution is 2.21. The smallest absolute Gasteiger partial charge is 0.338 e. The van der Waals surface area contributed by atoms with E-state index in [-0.39, 0.29) is 28.9 Å². The number of rotatable bonds is 1. The zero-order chi connectivity index (χ0) is 12.3. The second-order valence-electron chi connectivity index (χ2n) is 3.29. The van der Waals surface area contributed by atoms with Crippen LogP contribution in [0.4, 0.5) is 9.59 Å². The third kappa shape index (κ3) is 3.13. The summed E-state index contributed by atoms with van der Waals surface area (Å²) >= 11 is 2.23. The van der Waals surface area contributed by atoms with E-state index in [1.165, 1.54) is 22.2 Å². The van der Waals surface area contributed by atoms with Gasteiger partial charge in [-0.1, -0.05) is 23.5 Å². The van der Waals surface area contributed by atoms with Crippen molar-refractivity contribution in [2.45, 2.75) is 5.37 Å². The Hall–Kier alpha value is -1.22. The van der Waals surface area contributed by atoms with Crippen molar-refractivity contribution < 1.29 is 14.4 Å². The fourth-order valence-corrected chi connectivity index (χ4v) is 2.89. The highest BCUT2D eigenvalue weighted by molar-refractivity contribution is 8.14. The van der Waals surface area contributed by atoms with Crippen LogP contribution < -0.4 is 10.6 Å². The Morgan fingerprint density at radius 3 is 3.00 bits per heavy atom. The fraction of sp³-hybridized carbons (Fsp3) is 0.500. The number of nitrogens with zero attached hydrogens (tertiary/aromatic N) is 2. The van der Waals surface area contributed by atoms with Crippen LogP contribution in [-0.4, -0.2) is 52.0 Å². The van der Waals surface area contributed by atoms with Crippen molar-refractivity contribution in [2.75, 3.05) is 19.0 Å². The SMILES string of the molecule is O=C1CSC(=O)N(C2CNC(=O)N=CS2)CN1. The van der Waals surface area contributed by atoms with E-state index in [0.29, 0.717) is 6.54 Å². The molecule has 2 heterocycles. The molecule has 4 amide bonds. The van der Waals surface area contributed by atoms with Crippen molar-refractivity contribution in [1.82, 2.24) is 15.5 Å². The molecule has 0 bridgehead atoms. The average Bonchev–Trinajstić information content (AvgIpc) is 2.60. The predicted molar refractivity (Wildman–Crippen MR) is 66.0 cm³/mol. The third-order valence-corrected chi connectivity index (χ3v) is 4.02. The first-order valence-electron chi connectivity index (χ1n) is 4.83. The predicted octanol–water partition coefficient (Wildman–Crippen LogP) is 0.0397. The summed E-state index contributed by atoms with van der Waals surface area (Å²) in [4.78, 5) is 39.1. The van der Waals surface area contributed by atoms with E-state index < -0.39 is 6.03 Å². The second kappa shape index (κ2) is 5.41. The van der Waals surface area contributed by atoms with Gasteiger partial charge in [-0.2, -0.15) is 4.99 Å². The van der Waals surface area contributed by atoms with Gasteiger partial charge in [0.05, 0.1) is 18.0 Å². The molecular weight excluding hydrogens is 264 g/mol. The molecule has 1 saturated heterocycles. The number of carbonyl (C=O) groups is 3. The maximum atomic E-state index is 11.8. The van der Waals surface area contributed by atoms with Gasteiger partial charge in [0, 0.05) is 6.54 Å². The van der Waals surface area contributed by atoms with Crippen LogP contribution in [0.1, 0.15) is 0 Å². The summed E-state index contributed by atoms with van der Waals surface area (Å²) in [6.45, 7) is 0.470. The first-order chi connectivity index (χ1) is 8.16. The molecule has 0 radical (unpaired) electrons. The van der Waals surface area contributed by atoms with Gasteiger partial charge < -0.3 is 15.5 Å². The van der Waals surface area contributed by atoms with E-state index in [9.17, 15) is 14.4 Å². The van der Waals surface area contributed by atoms with Gasteiger partial charge in [-0.05, 0) is 0 Å². The molecule has 0 aromatic rings. The molecule has 9 heteroatoms. The van der Waals surface area contributed by atoms with E-state index in [2.05, 4.69) is 15.6 Å². The number of carbonyl (C=O) groups excluding carboxylic acids is 3. The summed E-state index contributed by atoms with van der Waals surface area (Å²) in [5.41, 5.74) is 1.41. The Balaban J connectivity index is 2.04. The summed E-state index contributed by atoms with van der Waals surface area (Å²) in [6.07, 6.45) is 0. The Labute approximate surface area is 106 Å². The lowest BCUT2D eigenvalue weighted by molar-refractivity contribution is -0.118. The van der Waals surface area contributed by atoms with Crippen LogP contribution >= 0.6 is 23.5 Å². The van der Waals surface area contributed by atoms with Crippen LogP contribution in [0.5, 0.6) is 0 Å². The topological polar surface area (TPSA) is 90.9 Å². The van der Waals surface area contributed by atoms with Gasteiger partial charge in [0.1, 0.15) is 5.37 Å². The Bertz CT molecular complexity index is 387. The van der Waals surface area contributed by atoms with Gasteiger partial charge in [-0.3, -0.25) is 9.59 Å². The molecule has 17 heavy (non-hydrogen) atoms. The van der Waals surface area contributed by atoms with Gasteiger partial charge in [-0.25, -0.2) is 4.79 Å². The normalized spacial score (nSPS) is 26.0. The highest BCUT2D eigenvalue weighted by Gasteiger charge is 2.28. The van der Waals surface area contributed by atoms with Crippen molar-refractivity contribution in [3.8, 4) is 0 Å². The summed E-state index contributed by atoms with van der Waals surface area (Å²) in [7, 11) is 0. The van der Waals surface area contributed by atoms with E-state index in [1.807, 2.05) is 0 Å². The number of hydrogen-bond donors (Lipinski definition) is 2. The molecule has 1 fully saturated rings. The molecule has 0 spiro atoms. The largest absolute Gasteiger partial charge is 0.341 e. The van der Waals surface area contributed by atoms with E-state index >= 15 is 0 Å². The van der Waals surface area contributed by atoms with Crippen LogP contribution in [0.15, 0.2) is 4.99 Å². The van der Waals surface area contributed by atoms with Crippen molar-refractivity contribution >= 4 is 46.2 Å². The summed E-state index contributed by atoms with van der Waals surface area (Å²) in [5.74, 6) is -0.0325. The van der Waals surface area contributed by atoms with Gasteiger partial charge in [-0.15, -0.1) is 0 Å². The van der Waals surface area contributed by atoms with Crippen LogP contribution in [0, 0.1) is 0 Å². The molecule has 0 aliphatic carbocycles. The monoisotopic (exact) mass is 274 g/mol. The number of aliphatic imine (C=N–C) groups is 1. The first kappa shape index (κ1) is 12.2. The molecule has 2 aliphatic rings. The van der Waals surface area contributed by atoms with E-state index in [0.717, 1.165) is 11.8 Å². The molecule has 1 unspecified atom stereocenters. The molecule has 2 rings (SSSR count). The molecular formula is C8H10N4O3S2. The van der Waals surface area contributed by atoms with Gasteiger partial charge >= 0.3 is 6.03 Å². The Morgan fingerprint density at radius 2 is 2.18 bits per heavy atom. The van der Waals surface area contributed by atoms with Gasteiger partial charge in [0.25, 0.3) is 5.24 Å². The third-order valence-electron chi connectivity index (χ3n) is 2.17. The fourth-order valence-electron chi connectivity index (χ4n) is 1.32. The maximum absolute atomic E-state index is 11.8. The Morgan fingerprint density at radius 1 is 1.35 bits per heavy atom. The van der Waals surface area contributed by atoms with Crippen LogP contribution in [-0.2, 0) is 4.79 Å². The number of urea groups is 1. The number of amides is 4. The highest BCUT2D eigenvalue weighted by atomic mass is 32.2. The summed E-state index contributed by atoms with van der Waals surface area (Å²) < 4.78 is 0. The molecule has 0 aromatic heterocycles. The molecule has 2 N–H and O–H groups in total. The number of hydrogen-bond acceptors (Lipinski definition) is 5. The van der Waals surface area contributed by atoms with E-state index in [4.69, 9.17) is 0 Å². The maximum Gasteiger partial charge on any atom is 0.341 e. The average molecular weight is 274 g/mol. The van der Waals surface area contributed by atoms with Crippen LogP contribution in [0.2, 0.25) is 0 Å². The van der Waals surface area contributed by atoms with Crippen molar-refractivity contribution in [1.29, 1.82) is 0 Å². The Kier molecular flexibility index (Phi) is 3.89. The summed E-state index contributed by atoms with van der Waals surface area (Å²) in [5, 5.41) is 4.78. The lowest BCUT2D eigenvalue weighted by Gasteiger charge is -2.27. The lowest BCUT2D eigenvalue weighted by atomic mass is 10.5. The van der Waals surface area contributed by atoms with Crippen LogP contribution in [0.3, 0.4) is 0 Å². The quantitative estimate of drug-likeness (QED) is 0.704. The standard InChI is InChI=1S/C8H10N4O3S2/c13-5-2-16-8(15)12(3-10-5)6-1-9-7(14)11-4-17-6/h4,6H,1-3H2,(H,9,14)(H,10,13). The van der Waals surface area contributed by atoms with Gasteiger partial charge in [0.15, 0.2) is 0 Å². The molecule has 92 valence electrons. The number of thioether (sulfide) groups is 2. The minimum absolute atomic E-state index is 0.132.